The topological polar surface area (TPSA) is 99.8 Å². The molecule has 2 amide bonds. The number of thiocarbonyl (C=S) groups is 1. The minimum absolute atomic E-state index is 0.00900. The zero-order valence-corrected chi connectivity index (χ0v) is 18.0. The molecule has 2 aromatic carbocycles. The van der Waals surface area contributed by atoms with E-state index in [1.165, 1.54) is 23.1 Å². The molecule has 7 nitrogen and oxygen atoms in total. The van der Waals surface area contributed by atoms with Gasteiger partial charge in [-0.2, -0.15) is 0 Å². The van der Waals surface area contributed by atoms with Gasteiger partial charge in [0.25, 0.3) is 11.8 Å². The number of nitrogens with one attached hydrogen (secondary N) is 1. The van der Waals surface area contributed by atoms with Crippen molar-refractivity contribution < 1.29 is 23.9 Å². The molecule has 32 heavy (non-hydrogen) atoms. The Morgan fingerprint density at radius 1 is 1.09 bits per heavy atom. The van der Waals surface area contributed by atoms with Crippen LogP contribution in [-0.2, 0) is 9.59 Å². The summed E-state index contributed by atoms with van der Waals surface area (Å²) in [6, 6.07) is 15.1. The number of benzene rings is 2. The zero-order valence-electron chi connectivity index (χ0n) is 17.2. The summed E-state index contributed by atoms with van der Waals surface area (Å²) in [6.45, 7) is 3.81. The van der Waals surface area contributed by atoms with Crippen molar-refractivity contribution in [1.29, 1.82) is 0 Å². The molecule has 1 aromatic heterocycles. The molecule has 2 N–H and O–H groups in total. The van der Waals surface area contributed by atoms with E-state index in [2.05, 4.69) is 5.32 Å². The van der Waals surface area contributed by atoms with Gasteiger partial charge in [-0.15, -0.1) is 0 Å². The van der Waals surface area contributed by atoms with E-state index >= 15 is 0 Å². The van der Waals surface area contributed by atoms with Crippen molar-refractivity contribution >= 4 is 46.9 Å². The number of carbonyl (C=O) groups is 3. The Labute approximate surface area is 189 Å². The molecule has 1 saturated heterocycles. The lowest BCUT2D eigenvalue weighted by Gasteiger charge is -2.30. The SMILES string of the molecule is Cc1ccc(N2C(=O)/C(=C\c3ccc(-c4cccc(C(=O)O)c4)o3)C(=O)NC2=S)c(C)c1. The summed E-state index contributed by atoms with van der Waals surface area (Å²) in [5, 5.41) is 11.7. The highest BCUT2D eigenvalue weighted by Gasteiger charge is 2.35. The van der Waals surface area contributed by atoms with Crippen LogP contribution in [-0.4, -0.2) is 28.0 Å². The number of anilines is 1. The molecule has 0 radical (unpaired) electrons. The van der Waals surface area contributed by atoms with Crippen LogP contribution in [0.3, 0.4) is 0 Å². The third-order valence-corrected chi connectivity index (χ3v) is 5.29. The van der Waals surface area contributed by atoms with E-state index < -0.39 is 17.8 Å². The van der Waals surface area contributed by atoms with E-state index in [-0.39, 0.29) is 22.0 Å². The third kappa shape index (κ3) is 3.95. The summed E-state index contributed by atoms with van der Waals surface area (Å²) in [5.41, 5.74) is 3.03. The van der Waals surface area contributed by atoms with Crippen LogP contribution < -0.4 is 10.2 Å². The van der Waals surface area contributed by atoms with Gasteiger partial charge in [0.2, 0.25) is 0 Å². The fourth-order valence-electron chi connectivity index (χ4n) is 3.47. The Morgan fingerprint density at radius 3 is 2.59 bits per heavy atom. The number of furan rings is 1. The molecule has 4 rings (SSSR count). The highest BCUT2D eigenvalue weighted by molar-refractivity contribution is 7.80. The van der Waals surface area contributed by atoms with E-state index in [1.54, 1.807) is 30.3 Å². The largest absolute Gasteiger partial charge is 0.478 e. The normalized spacial score (nSPS) is 15.2. The second-order valence-electron chi connectivity index (χ2n) is 7.34. The number of hydrogen-bond donors (Lipinski definition) is 2. The summed E-state index contributed by atoms with van der Waals surface area (Å²) in [5.74, 6) is -1.55. The first-order valence-corrected chi connectivity index (χ1v) is 10.1. The number of rotatable bonds is 4. The Balaban J connectivity index is 1.68. The molecule has 2 heterocycles. The van der Waals surface area contributed by atoms with Crippen molar-refractivity contribution in [2.45, 2.75) is 13.8 Å². The Kier molecular flexibility index (Phi) is 5.46. The van der Waals surface area contributed by atoms with Crippen molar-refractivity contribution in [2.24, 2.45) is 0 Å². The molecule has 0 saturated carbocycles. The first-order chi connectivity index (χ1) is 15.2. The average Bonchev–Trinajstić information content (AvgIpc) is 3.21. The van der Waals surface area contributed by atoms with Gasteiger partial charge < -0.3 is 9.52 Å². The fourth-order valence-corrected chi connectivity index (χ4v) is 3.74. The van der Waals surface area contributed by atoms with Crippen LogP contribution in [0.15, 0.2) is 64.6 Å². The quantitative estimate of drug-likeness (QED) is 0.356. The van der Waals surface area contributed by atoms with Gasteiger partial charge in [-0.3, -0.25) is 19.8 Å². The van der Waals surface area contributed by atoms with Gasteiger partial charge in [0.15, 0.2) is 5.11 Å². The number of carboxylic acid groups (broad SMARTS) is 1. The molecule has 1 aliphatic rings. The molecule has 0 atom stereocenters. The van der Waals surface area contributed by atoms with Crippen molar-refractivity contribution in [1.82, 2.24) is 5.32 Å². The van der Waals surface area contributed by atoms with Crippen LogP contribution in [0.2, 0.25) is 0 Å². The van der Waals surface area contributed by atoms with Gasteiger partial charge in [0.05, 0.1) is 11.3 Å². The Hall–Kier alpha value is -4.04. The molecule has 0 spiro atoms. The number of hydrogen-bond acceptors (Lipinski definition) is 5. The van der Waals surface area contributed by atoms with E-state index in [9.17, 15) is 19.5 Å². The fraction of sp³-hybridized carbons (Fsp3) is 0.0833. The molecule has 1 fully saturated rings. The summed E-state index contributed by atoms with van der Waals surface area (Å²) >= 11 is 5.25. The lowest BCUT2D eigenvalue weighted by atomic mass is 10.1. The van der Waals surface area contributed by atoms with Crippen molar-refractivity contribution in [2.75, 3.05) is 4.90 Å². The smallest absolute Gasteiger partial charge is 0.335 e. The van der Waals surface area contributed by atoms with Crippen molar-refractivity contribution in [3.05, 3.63) is 82.6 Å². The van der Waals surface area contributed by atoms with Gasteiger partial charge in [0.1, 0.15) is 17.1 Å². The predicted molar refractivity (Wildman–Crippen MR) is 123 cm³/mol. The maximum absolute atomic E-state index is 13.2. The molecule has 0 aliphatic carbocycles. The monoisotopic (exact) mass is 446 g/mol. The maximum atomic E-state index is 13.2. The highest BCUT2D eigenvalue weighted by Crippen LogP contribution is 2.28. The molecule has 160 valence electrons. The number of carbonyl (C=O) groups excluding carboxylic acids is 2. The molecular weight excluding hydrogens is 428 g/mol. The second-order valence-corrected chi connectivity index (χ2v) is 7.72. The first-order valence-electron chi connectivity index (χ1n) is 9.67. The molecule has 1 aliphatic heterocycles. The van der Waals surface area contributed by atoms with Crippen LogP contribution in [0, 0.1) is 13.8 Å². The van der Waals surface area contributed by atoms with E-state index in [0.717, 1.165) is 11.1 Å². The number of amides is 2. The van der Waals surface area contributed by atoms with Crippen LogP contribution in [0.5, 0.6) is 0 Å². The molecule has 0 bridgehead atoms. The Bertz CT molecular complexity index is 1320. The standard InChI is InChI=1S/C24H18N2O5S/c1-13-6-8-19(14(2)10-13)26-22(28)18(21(27)25-24(26)32)12-17-7-9-20(31-17)15-4-3-5-16(11-15)23(29)30/h3-12H,1-2H3,(H,29,30)(H,25,27,32)/b18-12-. The highest BCUT2D eigenvalue weighted by atomic mass is 32.1. The number of aromatic carboxylic acids is 1. The van der Waals surface area contributed by atoms with Crippen LogP contribution in [0.4, 0.5) is 5.69 Å². The van der Waals surface area contributed by atoms with Gasteiger partial charge in [-0.05, 0) is 68.0 Å². The van der Waals surface area contributed by atoms with Gasteiger partial charge in [-0.25, -0.2) is 4.79 Å². The predicted octanol–water partition coefficient (Wildman–Crippen LogP) is 4.09. The van der Waals surface area contributed by atoms with Gasteiger partial charge in [-0.1, -0.05) is 29.8 Å². The van der Waals surface area contributed by atoms with Crippen LogP contribution in [0.1, 0.15) is 27.2 Å². The van der Waals surface area contributed by atoms with Gasteiger partial charge in [0, 0.05) is 5.56 Å². The summed E-state index contributed by atoms with van der Waals surface area (Å²) in [7, 11) is 0. The molecule has 3 aromatic rings. The van der Waals surface area contributed by atoms with E-state index in [0.29, 0.717) is 17.0 Å². The summed E-state index contributed by atoms with van der Waals surface area (Å²) < 4.78 is 5.76. The van der Waals surface area contributed by atoms with Crippen LogP contribution >= 0.6 is 12.2 Å². The van der Waals surface area contributed by atoms with Crippen LogP contribution in [0.25, 0.3) is 17.4 Å². The van der Waals surface area contributed by atoms with Crippen molar-refractivity contribution in [3.8, 4) is 11.3 Å². The first kappa shape index (κ1) is 21.2. The third-order valence-electron chi connectivity index (χ3n) is 5.00. The number of carboxylic acids is 1. The summed E-state index contributed by atoms with van der Waals surface area (Å²) in [4.78, 5) is 38.2. The molecule has 8 heteroatoms. The summed E-state index contributed by atoms with van der Waals surface area (Å²) in [6.07, 6.45) is 1.35. The number of aryl methyl sites for hydroxylation is 2. The zero-order chi connectivity index (χ0) is 23.0. The van der Waals surface area contributed by atoms with Gasteiger partial charge >= 0.3 is 5.97 Å². The lowest BCUT2D eigenvalue weighted by Crippen LogP contribution is -2.54. The average molecular weight is 446 g/mol. The Morgan fingerprint density at radius 2 is 1.88 bits per heavy atom. The molecule has 0 unspecified atom stereocenters. The lowest BCUT2D eigenvalue weighted by molar-refractivity contribution is -0.122. The second kappa shape index (κ2) is 8.24. The minimum Gasteiger partial charge on any atom is -0.478 e. The maximum Gasteiger partial charge on any atom is 0.335 e. The minimum atomic E-state index is -1.05. The van der Waals surface area contributed by atoms with E-state index in [4.69, 9.17) is 16.6 Å². The molecular formula is C24H18N2O5S. The van der Waals surface area contributed by atoms with E-state index in [1.807, 2.05) is 26.0 Å². The number of nitrogens with zero attached hydrogens (tertiary/aromatic N) is 1. The van der Waals surface area contributed by atoms with Crippen molar-refractivity contribution in [3.63, 3.8) is 0 Å².